The number of pyridine rings is 1. The Hall–Kier alpha value is -2.14. The first-order valence-electron chi connectivity index (χ1n) is 5.73. The highest BCUT2D eigenvalue weighted by molar-refractivity contribution is 9.10. The lowest BCUT2D eigenvalue weighted by Gasteiger charge is -2.05. The minimum atomic E-state index is -0.226. The number of hydrogen-bond donors (Lipinski definition) is 2. The summed E-state index contributed by atoms with van der Waals surface area (Å²) in [5.74, 6) is -0.226. The topological polar surface area (TPSA) is 57.8 Å². The van der Waals surface area contributed by atoms with Gasteiger partial charge in [-0.3, -0.25) is 4.79 Å². The second-order valence-corrected chi connectivity index (χ2v) is 4.89. The van der Waals surface area contributed by atoms with Crippen molar-refractivity contribution in [3.05, 3.63) is 59.0 Å². The van der Waals surface area contributed by atoms with Crippen molar-refractivity contribution in [1.29, 1.82) is 0 Å². The molecule has 3 rings (SSSR count). The van der Waals surface area contributed by atoms with E-state index in [2.05, 4.69) is 31.2 Å². The predicted octanol–water partition coefficient (Wildman–Crippen LogP) is 3.58. The van der Waals surface area contributed by atoms with Crippen LogP contribution in [0.4, 0.5) is 5.69 Å². The number of anilines is 1. The van der Waals surface area contributed by atoms with Gasteiger partial charge in [0.1, 0.15) is 10.3 Å². The van der Waals surface area contributed by atoms with Gasteiger partial charge in [0, 0.05) is 22.8 Å². The number of nitrogens with one attached hydrogen (secondary N) is 2. The monoisotopic (exact) mass is 315 g/mol. The van der Waals surface area contributed by atoms with E-state index in [-0.39, 0.29) is 5.91 Å². The molecule has 0 aliphatic heterocycles. The Morgan fingerprint density at radius 2 is 2.11 bits per heavy atom. The number of fused-ring (bicyclic) bond motifs is 1. The molecule has 2 heterocycles. The van der Waals surface area contributed by atoms with Crippen LogP contribution in [0.1, 0.15) is 10.5 Å². The minimum Gasteiger partial charge on any atom is -0.361 e. The summed E-state index contributed by atoms with van der Waals surface area (Å²) >= 11 is 3.25. The van der Waals surface area contributed by atoms with Gasteiger partial charge in [-0.15, -0.1) is 0 Å². The Bertz CT molecular complexity index is 751. The quantitative estimate of drug-likeness (QED) is 0.710. The molecular formula is C14H10BrN3O. The van der Waals surface area contributed by atoms with Gasteiger partial charge < -0.3 is 10.3 Å². The molecule has 2 N–H and O–H groups in total. The number of amides is 1. The summed E-state index contributed by atoms with van der Waals surface area (Å²) < 4.78 is 0.640. The number of benzene rings is 1. The van der Waals surface area contributed by atoms with Crippen LogP contribution in [-0.4, -0.2) is 15.9 Å². The molecule has 0 saturated heterocycles. The Balaban J connectivity index is 1.86. The average molecular weight is 316 g/mol. The zero-order chi connectivity index (χ0) is 13.2. The van der Waals surface area contributed by atoms with Crippen molar-refractivity contribution in [2.45, 2.75) is 0 Å². The average Bonchev–Trinajstić information content (AvgIpc) is 2.86. The van der Waals surface area contributed by atoms with Gasteiger partial charge >= 0.3 is 0 Å². The maximum atomic E-state index is 12.0. The zero-order valence-corrected chi connectivity index (χ0v) is 11.4. The summed E-state index contributed by atoms with van der Waals surface area (Å²) in [7, 11) is 0. The van der Waals surface area contributed by atoms with E-state index in [9.17, 15) is 4.79 Å². The van der Waals surface area contributed by atoms with Gasteiger partial charge in [-0.05, 0) is 52.3 Å². The van der Waals surface area contributed by atoms with Gasteiger partial charge in [0.15, 0.2) is 0 Å². The molecule has 3 aromatic rings. The second-order valence-electron chi connectivity index (χ2n) is 4.08. The van der Waals surface area contributed by atoms with Crippen LogP contribution in [0.3, 0.4) is 0 Å². The number of carbonyl (C=O) groups excluding carboxylic acids is 1. The van der Waals surface area contributed by atoms with Crippen molar-refractivity contribution in [3.8, 4) is 0 Å². The van der Waals surface area contributed by atoms with E-state index < -0.39 is 0 Å². The van der Waals surface area contributed by atoms with Crippen LogP contribution >= 0.6 is 15.9 Å². The molecule has 0 radical (unpaired) electrons. The molecule has 0 unspecified atom stereocenters. The highest BCUT2D eigenvalue weighted by Gasteiger charge is 2.08. The lowest BCUT2D eigenvalue weighted by atomic mass is 10.2. The molecule has 2 aromatic heterocycles. The van der Waals surface area contributed by atoms with E-state index >= 15 is 0 Å². The van der Waals surface area contributed by atoms with Crippen LogP contribution in [-0.2, 0) is 0 Å². The van der Waals surface area contributed by atoms with E-state index in [1.165, 1.54) is 0 Å². The number of H-pyrrole nitrogens is 1. The van der Waals surface area contributed by atoms with Crippen molar-refractivity contribution < 1.29 is 4.79 Å². The third kappa shape index (κ3) is 2.51. The fraction of sp³-hybridized carbons (Fsp3) is 0. The number of rotatable bonds is 2. The number of aromatic amines is 1. The molecule has 0 saturated carbocycles. The molecule has 0 aliphatic rings. The summed E-state index contributed by atoms with van der Waals surface area (Å²) in [5, 5.41) is 3.89. The Morgan fingerprint density at radius 1 is 1.21 bits per heavy atom. The number of nitrogens with zero attached hydrogens (tertiary/aromatic N) is 1. The lowest BCUT2D eigenvalue weighted by molar-refractivity contribution is 0.102. The van der Waals surface area contributed by atoms with E-state index in [1.54, 1.807) is 18.2 Å². The first kappa shape index (κ1) is 11.9. The normalized spacial score (nSPS) is 10.6. The molecule has 19 heavy (non-hydrogen) atoms. The Morgan fingerprint density at radius 3 is 2.95 bits per heavy atom. The van der Waals surface area contributed by atoms with Crippen LogP contribution in [0, 0.1) is 0 Å². The second kappa shape index (κ2) is 4.85. The third-order valence-corrected chi connectivity index (χ3v) is 3.20. The largest absolute Gasteiger partial charge is 0.361 e. The summed E-state index contributed by atoms with van der Waals surface area (Å²) in [4.78, 5) is 19.3. The Labute approximate surface area is 118 Å². The van der Waals surface area contributed by atoms with E-state index in [0.717, 1.165) is 16.6 Å². The van der Waals surface area contributed by atoms with Gasteiger partial charge in [-0.1, -0.05) is 6.07 Å². The molecule has 0 bridgehead atoms. The van der Waals surface area contributed by atoms with Gasteiger partial charge in [-0.2, -0.15) is 0 Å². The molecular weight excluding hydrogens is 306 g/mol. The van der Waals surface area contributed by atoms with E-state index in [4.69, 9.17) is 0 Å². The standard InChI is InChI=1S/C14H10BrN3O/c15-13-3-1-2-12(18-13)14(19)17-10-4-5-11-9(8-10)6-7-16-11/h1-8,16H,(H,17,19). The van der Waals surface area contributed by atoms with E-state index in [1.807, 2.05) is 30.5 Å². The van der Waals surface area contributed by atoms with Crippen LogP contribution in [0.5, 0.6) is 0 Å². The van der Waals surface area contributed by atoms with Gasteiger partial charge in [0.2, 0.25) is 0 Å². The smallest absolute Gasteiger partial charge is 0.274 e. The van der Waals surface area contributed by atoms with Crippen molar-refractivity contribution in [3.63, 3.8) is 0 Å². The van der Waals surface area contributed by atoms with Gasteiger partial charge in [0.05, 0.1) is 0 Å². The maximum Gasteiger partial charge on any atom is 0.274 e. The molecule has 1 amide bonds. The Kier molecular flexibility index (Phi) is 3.05. The number of carbonyl (C=O) groups is 1. The maximum absolute atomic E-state index is 12.0. The molecule has 5 heteroatoms. The number of halogens is 1. The van der Waals surface area contributed by atoms with Crippen molar-refractivity contribution >= 4 is 38.4 Å². The predicted molar refractivity (Wildman–Crippen MR) is 78.2 cm³/mol. The van der Waals surface area contributed by atoms with Crippen LogP contribution in [0.15, 0.2) is 53.3 Å². The SMILES string of the molecule is O=C(Nc1ccc2[nH]ccc2c1)c1cccc(Br)n1. The fourth-order valence-corrected chi connectivity index (χ4v) is 2.20. The zero-order valence-electron chi connectivity index (χ0n) is 9.85. The molecule has 0 spiro atoms. The van der Waals surface area contributed by atoms with Crippen molar-refractivity contribution in [1.82, 2.24) is 9.97 Å². The van der Waals surface area contributed by atoms with E-state index in [0.29, 0.717) is 10.3 Å². The number of aromatic nitrogens is 2. The van der Waals surface area contributed by atoms with Gasteiger partial charge in [0.25, 0.3) is 5.91 Å². The molecule has 0 fully saturated rings. The summed E-state index contributed by atoms with van der Waals surface area (Å²) in [6.07, 6.45) is 1.87. The molecule has 94 valence electrons. The molecule has 1 aromatic carbocycles. The summed E-state index contributed by atoms with van der Waals surface area (Å²) in [5.41, 5.74) is 2.17. The third-order valence-electron chi connectivity index (χ3n) is 2.76. The first-order valence-corrected chi connectivity index (χ1v) is 6.53. The minimum absolute atomic E-state index is 0.226. The first-order chi connectivity index (χ1) is 9.22. The molecule has 0 aliphatic carbocycles. The van der Waals surface area contributed by atoms with Crippen LogP contribution in [0.2, 0.25) is 0 Å². The summed E-state index contributed by atoms with van der Waals surface area (Å²) in [6, 6.07) is 12.9. The highest BCUT2D eigenvalue weighted by Crippen LogP contribution is 2.18. The summed E-state index contributed by atoms with van der Waals surface area (Å²) in [6.45, 7) is 0. The molecule has 4 nitrogen and oxygen atoms in total. The number of hydrogen-bond acceptors (Lipinski definition) is 2. The fourth-order valence-electron chi connectivity index (χ4n) is 1.86. The van der Waals surface area contributed by atoms with Crippen molar-refractivity contribution in [2.75, 3.05) is 5.32 Å². The van der Waals surface area contributed by atoms with Gasteiger partial charge in [-0.25, -0.2) is 4.98 Å². The lowest BCUT2D eigenvalue weighted by Crippen LogP contribution is -2.13. The van der Waals surface area contributed by atoms with Crippen LogP contribution < -0.4 is 5.32 Å². The van der Waals surface area contributed by atoms with Crippen molar-refractivity contribution in [2.24, 2.45) is 0 Å². The van der Waals surface area contributed by atoms with Crippen LogP contribution in [0.25, 0.3) is 10.9 Å². The highest BCUT2D eigenvalue weighted by atomic mass is 79.9. The molecule has 0 atom stereocenters.